The SMILES string of the molecule is CSCC[C@H](N)C(=O)OC(=O)N1CCCC1=O. The predicted molar refractivity (Wildman–Crippen MR) is 63.4 cm³/mol. The third kappa shape index (κ3) is 4.01. The molecular weight excluding hydrogens is 244 g/mol. The Bertz CT molecular complexity index is 321. The molecule has 0 radical (unpaired) electrons. The lowest BCUT2D eigenvalue weighted by atomic mass is 10.2. The van der Waals surface area contributed by atoms with E-state index < -0.39 is 18.1 Å². The van der Waals surface area contributed by atoms with Crippen LogP contribution >= 0.6 is 11.8 Å². The molecule has 2 amide bonds. The van der Waals surface area contributed by atoms with Gasteiger partial charge < -0.3 is 10.5 Å². The van der Waals surface area contributed by atoms with Gasteiger partial charge in [0.2, 0.25) is 5.91 Å². The Balaban J connectivity index is 2.39. The number of likely N-dealkylation sites (tertiary alicyclic amines) is 1. The lowest BCUT2D eigenvalue weighted by Gasteiger charge is -2.14. The third-order valence-corrected chi connectivity index (χ3v) is 3.06. The van der Waals surface area contributed by atoms with Gasteiger partial charge in [-0.3, -0.25) is 4.79 Å². The third-order valence-electron chi connectivity index (χ3n) is 2.42. The number of carbonyl (C=O) groups excluding carboxylic acids is 3. The summed E-state index contributed by atoms with van der Waals surface area (Å²) in [6.07, 6.45) is 2.37. The molecule has 1 aliphatic heterocycles. The number of nitrogens with two attached hydrogens (primary N) is 1. The van der Waals surface area contributed by atoms with Crippen LogP contribution in [0.3, 0.4) is 0 Å². The minimum absolute atomic E-state index is 0.305. The van der Waals surface area contributed by atoms with Gasteiger partial charge in [-0.2, -0.15) is 11.8 Å². The molecule has 0 bridgehead atoms. The van der Waals surface area contributed by atoms with E-state index in [1.54, 1.807) is 11.8 Å². The molecule has 1 rings (SSSR count). The largest absolute Gasteiger partial charge is 0.424 e. The first kappa shape index (κ1) is 14.0. The summed E-state index contributed by atoms with van der Waals surface area (Å²) in [5.41, 5.74) is 5.54. The molecule has 2 N–H and O–H groups in total. The summed E-state index contributed by atoms with van der Waals surface area (Å²) in [4.78, 5) is 35.0. The van der Waals surface area contributed by atoms with E-state index in [0.29, 0.717) is 31.6 Å². The van der Waals surface area contributed by atoms with Crippen LogP contribution in [-0.4, -0.2) is 47.5 Å². The number of ether oxygens (including phenoxy) is 1. The van der Waals surface area contributed by atoms with Gasteiger partial charge in [0.05, 0.1) is 0 Å². The van der Waals surface area contributed by atoms with Crippen molar-refractivity contribution in [1.82, 2.24) is 4.90 Å². The molecule has 1 atom stereocenters. The van der Waals surface area contributed by atoms with Crippen molar-refractivity contribution >= 4 is 29.7 Å². The van der Waals surface area contributed by atoms with Gasteiger partial charge in [0.25, 0.3) is 0 Å². The monoisotopic (exact) mass is 260 g/mol. The highest BCUT2D eigenvalue weighted by Crippen LogP contribution is 2.11. The highest BCUT2D eigenvalue weighted by atomic mass is 32.2. The number of hydrogen-bond acceptors (Lipinski definition) is 6. The Morgan fingerprint density at radius 3 is 2.82 bits per heavy atom. The number of imide groups is 1. The molecule has 96 valence electrons. The Hall–Kier alpha value is -1.08. The van der Waals surface area contributed by atoms with Gasteiger partial charge in [-0.25, -0.2) is 14.5 Å². The molecule has 0 spiro atoms. The van der Waals surface area contributed by atoms with E-state index in [1.807, 2.05) is 6.26 Å². The molecule has 0 aromatic heterocycles. The minimum Gasteiger partial charge on any atom is -0.375 e. The summed E-state index contributed by atoms with van der Waals surface area (Å²) in [5, 5.41) is 0. The molecule has 1 aliphatic rings. The molecule has 1 fully saturated rings. The van der Waals surface area contributed by atoms with Gasteiger partial charge in [0.1, 0.15) is 6.04 Å². The van der Waals surface area contributed by atoms with Crippen molar-refractivity contribution in [2.45, 2.75) is 25.3 Å². The lowest BCUT2D eigenvalue weighted by molar-refractivity contribution is -0.140. The van der Waals surface area contributed by atoms with E-state index in [4.69, 9.17) is 5.73 Å². The fourth-order valence-electron chi connectivity index (χ4n) is 1.42. The van der Waals surface area contributed by atoms with Crippen LogP contribution < -0.4 is 5.73 Å². The Morgan fingerprint density at radius 1 is 1.59 bits per heavy atom. The Kier molecular flexibility index (Phi) is 5.43. The zero-order valence-corrected chi connectivity index (χ0v) is 10.5. The van der Waals surface area contributed by atoms with E-state index in [0.717, 1.165) is 4.90 Å². The highest BCUT2D eigenvalue weighted by molar-refractivity contribution is 7.98. The molecule has 0 aliphatic carbocycles. The van der Waals surface area contributed by atoms with E-state index >= 15 is 0 Å². The molecule has 0 aromatic rings. The molecule has 0 aromatic carbocycles. The van der Waals surface area contributed by atoms with E-state index in [1.165, 1.54) is 0 Å². The van der Waals surface area contributed by atoms with Crippen molar-refractivity contribution in [3.63, 3.8) is 0 Å². The molecular formula is C10H16N2O4S. The van der Waals surface area contributed by atoms with E-state index in [-0.39, 0.29) is 5.91 Å². The smallest absolute Gasteiger partial charge is 0.375 e. The summed E-state index contributed by atoms with van der Waals surface area (Å²) < 4.78 is 4.56. The van der Waals surface area contributed by atoms with Gasteiger partial charge in [0.15, 0.2) is 0 Å². The maximum absolute atomic E-state index is 11.4. The van der Waals surface area contributed by atoms with Crippen molar-refractivity contribution in [2.24, 2.45) is 5.73 Å². The number of amides is 2. The summed E-state index contributed by atoms with van der Waals surface area (Å²) in [6, 6.07) is -0.816. The standard InChI is InChI=1S/C10H16N2O4S/c1-17-6-4-7(11)9(14)16-10(15)12-5-2-3-8(12)13/h7H,2-6,11H2,1H3/t7-/m0/s1. The molecule has 0 saturated carbocycles. The van der Waals surface area contributed by atoms with Crippen LogP contribution in [0.25, 0.3) is 0 Å². The highest BCUT2D eigenvalue weighted by Gasteiger charge is 2.30. The van der Waals surface area contributed by atoms with Gasteiger partial charge in [-0.1, -0.05) is 0 Å². The fraction of sp³-hybridized carbons (Fsp3) is 0.700. The quantitative estimate of drug-likeness (QED) is 0.579. The van der Waals surface area contributed by atoms with E-state index in [2.05, 4.69) is 4.74 Å². The second-order valence-electron chi connectivity index (χ2n) is 3.72. The van der Waals surface area contributed by atoms with Crippen LogP contribution in [0.2, 0.25) is 0 Å². The van der Waals surface area contributed by atoms with Crippen molar-refractivity contribution in [3.8, 4) is 0 Å². The number of thioether (sulfide) groups is 1. The minimum atomic E-state index is -0.905. The summed E-state index contributed by atoms with van der Waals surface area (Å²) in [7, 11) is 0. The number of rotatable bonds is 4. The number of carbonyl (C=O) groups is 3. The van der Waals surface area contributed by atoms with Crippen LogP contribution in [0.5, 0.6) is 0 Å². The summed E-state index contributed by atoms with van der Waals surface area (Å²) >= 11 is 1.55. The molecule has 0 unspecified atom stereocenters. The van der Waals surface area contributed by atoms with Gasteiger partial charge >= 0.3 is 12.1 Å². The predicted octanol–water partition coefficient (Wildman–Crippen LogP) is 0.352. The maximum Gasteiger partial charge on any atom is 0.424 e. The number of esters is 1. The second-order valence-corrected chi connectivity index (χ2v) is 4.71. The van der Waals surface area contributed by atoms with Crippen molar-refractivity contribution in [1.29, 1.82) is 0 Å². The number of nitrogens with zero attached hydrogens (tertiary/aromatic N) is 1. The molecule has 7 heteroatoms. The van der Waals surface area contributed by atoms with Crippen LogP contribution in [0.4, 0.5) is 4.79 Å². The Morgan fingerprint density at radius 2 is 2.29 bits per heavy atom. The lowest BCUT2D eigenvalue weighted by Crippen LogP contribution is -2.39. The Labute approximate surface area is 104 Å². The van der Waals surface area contributed by atoms with Crippen molar-refractivity contribution < 1.29 is 19.1 Å². The molecule has 17 heavy (non-hydrogen) atoms. The van der Waals surface area contributed by atoms with Gasteiger partial charge in [-0.15, -0.1) is 0 Å². The molecule has 6 nitrogen and oxygen atoms in total. The van der Waals surface area contributed by atoms with Crippen LogP contribution in [-0.2, 0) is 14.3 Å². The molecule has 1 saturated heterocycles. The van der Waals surface area contributed by atoms with Crippen molar-refractivity contribution in [2.75, 3.05) is 18.6 Å². The van der Waals surface area contributed by atoms with Crippen LogP contribution in [0.1, 0.15) is 19.3 Å². The van der Waals surface area contributed by atoms with Gasteiger partial charge in [0, 0.05) is 13.0 Å². The topological polar surface area (TPSA) is 89.7 Å². The second kappa shape index (κ2) is 6.61. The maximum atomic E-state index is 11.4. The van der Waals surface area contributed by atoms with Gasteiger partial charge in [-0.05, 0) is 24.9 Å². The van der Waals surface area contributed by atoms with Crippen molar-refractivity contribution in [3.05, 3.63) is 0 Å². The normalized spacial score (nSPS) is 17.1. The summed E-state index contributed by atoms with van der Waals surface area (Å²) in [5.74, 6) is -0.364. The average molecular weight is 260 g/mol. The zero-order chi connectivity index (χ0) is 12.8. The molecule has 1 heterocycles. The number of hydrogen-bond donors (Lipinski definition) is 1. The first-order valence-corrected chi connectivity index (χ1v) is 6.76. The van der Waals surface area contributed by atoms with Crippen LogP contribution in [0, 0.1) is 0 Å². The van der Waals surface area contributed by atoms with Crippen LogP contribution in [0.15, 0.2) is 0 Å². The summed E-state index contributed by atoms with van der Waals surface area (Å²) in [6.45, 7) is 0.311. The first-order valence-electron chi connectivity index (χ1n) is 5.36. The fourth-order valence-corrected chi connectivity index (χ4v) is 1.91. The van der Waals surface area contributed by atoms with E-state index in [9.17, 15) is 14.4 Å². The average Bonchev–Trinajstić information content (AvgIpc) is 2.72. The zero-order valence-electron chi connectivity index (χ0n) is 9.68. The first-order chi connectivity index (χ1) is 8.06.